The summed E-state index contributed by atoms with van der Waals surface area (Å²) in [5, 5.41) is 10.9. The van der Waals surface area contributed by atoms with Crippen LogP contribution in [0.1, 0.15) is 93.4 Å². The molecule has 1 aliphatic heterocycles. The van der Waals surface area contributed by atoms with Gasteiger partial charge in [-0.2, -0.15) is 0 Å². The van der Waals surface area contributed by atoms with Gasteiger partial charge in [0.15, 0.2) is 0 Å². The summed E-state index contributed by atoms with van der Waals surface area (Å²) in [6.45, 7) is 17.4. The largest absolute Gasteiger partial charge is 0.392 e. The van der Waals surface area contributed by atoms with Crippen molar-refractivity contribution in [3.63, 3.8) is 0 Å². The quantitative estimate of drug-likeness (QED) is 0.442. The summed E-state index contributed by atoms with van der Waals surface area (Å²) in [4.78, 5) is 0. The summed E-state index contributed by atoms with van der Waals surface area (Å²) in [6, 6.07) is 0. The lowest BCUT2D eigenvalue weighted by Gasteiger charge is -2.65. The molecule has 2 bridgehead atoms. The smallest absolute Gasteiger partial charge is 0.0972 e. The van der Waals surface area contributed by atoms with Crippen LogP contribution in [-0.2, 0) is 9.47 Å². The zero-order valence-corrected chi connectivity index (χ0v) is 23.1. The molecule has 192 valence electrons. The Bertz CT molecular complexity index is 872. The monoisotopic (exact) mass is 470 g/mol. The molecule has 0 amide bonds. The van der Waals surface area contributed by atoms with Crippen molar-refractivity contribution in [2.45, 2.75) is 111 Å². The highest BCUT2D eigenvalue weighted by molar-refractivity contribution is 5.33. The van der Waals surface area contributed by atoms with Gasteiger partial charge in [-0.3, -0.25) is 0 Å². The van der Waals surface area contributed by atoms with E-state index in [0.717, 1.165) is 31.8 Å². The van der Waals surface area contributed by atoms with Crippen LogP contribution >= 0.6 is 0 Å². The standard InChI is InChI=1S/C31H50O3/c1-21(10-9-15-26(2,3)33-8)22-13-16-29(7)23-14-17-31-24(11-12-25(32)27(31,4)5)30(23,20-34-31)19-18-28(22,29)6/h9,14-15,17,21-25,32H,10-13,16,18-20H2,1-8H3/b15-9+/t21?,22-,23+,24+,25?,28-,29+,30+,31-/m1/s1. The van der Waals surface area contributed by atoms with Crippen LogP contribution in [0, 0.1) is 45.3 Å². The van der Waals surface area contributed by atoms with E-state index in [1.807, 2.05) is 0 Å². The van der Waals surface area contributed by atoms with Crippen molar-refractivity contribution in [3.8, 4) is 0 Å². The Balaban J connectivity index is 1.44. The molecule has 2 unspecified atom stereocenters. The Morgan fingerprint density at radius 2 is 1.82 bits per heavy atom. The Hall–Kier alpha value is -0.640. The van der Waals surface area contributed by atoms with Crippen LogP contribution in [0.25, 0.3) is 0 Å². The van der Waals surface area contributed by atoms with Crippen molar-refractivity contribution in [1.29, 1.82) is 0 Å². The molecule has 5 rings (SSSR count). The molecule has 0 aromatic rings. The number of methoxy groups -OCH3 is 1. The van der Waals surface area contributed by atoms with Crippen LogP contribution in [0.2, 0.25) is 0 Å². The number of rotatable bonds is 5. The van der Waals surface area contributed by atoms with Gasteiger partial charge in [0, 0.05) is 23.9 Å². The zero-order valence-electron chi connectivity index (χ0n) is 23.1. The summed E-state index contributed by atoms with van der Waals surface area (Å²) in [5.74, 6) is 2.58. The molecule has 0 radical (unpaired) electrons. The molecule has 34 heavy (non-hydrogen) atoms. The molecule has 3 heteroatoms. The molecule has 0 aromatic heterocycles. The first-order valence-corrected chi connectivity index (χ1v) is 14.0. The van der Waals surface area contributed by atoms with Gasteiger partial charge in [0.05, 0.1) is 23.9 Å². The van der Waals surface area contributed by atoms with Crippen LogP contribution in [0.15, 0.2) is 24.3 Å². The number of aliphatic hydroxyl groups excluding tert-OH is 1. The highest BCUT2D eigenvalue weighted by atomic mass is 16.5. The van der Waals surface area contributed by atoms with Gasteiger partial charge >= 0.3 is 0 Å². The first kappa shape index (κ1) is 25.0. The predicted molar refractivity (Wildman–Crippen MR) is 138 cm³/mol. The number of hydrogen-bond acceptors (Lipinski definition) is 3. The summed E-state index contributed by atoms with van der Waals surface area (Å²) >= 11 is 0. The molecule has 0 aromatic carbocycles. The molecule has 4 aliphatic carbocycles. The highest BCUT2D eigenvalue weighted by Crippen LogP contribution is 2.77. The van der Waals surface area contributed by atoms with Gasteiger partial charge in [0.25, 0.3) is 0 Å². The Kier molecular flexibility index (Phi) is 5.66. The molecule has 1 saturated heterocycles. The summed E-state index contributed by atoms with van der Waals surface area (Å²) in [5.41, 5.74) is 0.238. The maximum atomic E-state index is 10.9. The van der Waals surface area contributed by atoms with Crippen LogP contribution < -0.4 is 0 Å². The van der Waals surface area contributed by atoms with E-state index in [0.29, 0.717) is 28.6 Å². The first-order valence-electron chi connectivity index (χ1n) is 14.0. The van der Waals surface area contributed by atoms with Crippen molar-refractivity contribution >= 4 is 0 Å². The number of allylic oxidation sites excluding steroid dienone is 2. The third kappa shape index (κ3) is 2.99. The van der Waals surface area contributed by atoms with Crippen molar-refractivity contribution < 1.29 is 14.6 Å². The summed E-state index contributed by atoms with van der Waals surface area (Å²) in [6.07, 6.45) is 17.8. The maximum absolute atomic E-state index is 10.9. The molecule has 9 atom stereocenters. The molecule has 1 N–H and O–H groups in total. The van der Waals surface area contributed by atoms with Gasteiger partial charge in [-0.1, -0.05) is 58.9 Å². The normalized spacial score (nSPS) is 50.1. The molecule has 5 aliphatic rings. The van der Waals surface area contributed by atoms with Gasteiger partial charge in [0.1, 0.15) is 0 Å². The highest BCUT2D eigenvalue weighted by Gasteiger charge is 2.75. The second-order valence-corrected chi connectivity index (χ2v) is 14.4. The van der Waals surface area contributed by atoms with Crippen molar-refractivity contribution in [1.82, 2.24) is 0 Å². The SMILES string of the molecule is COC(C)(C)/C=C/CC(C)[C@H]1CC[C@@]2(C)[C@@H]3C=C[C@@]45OC[C@]3(CC[C@]12C)[C@@H]4CCC(O)C5(C)C. The average Bonchev–Trinajstić information content (AvgIpc) is 3.17. The third-order valence-corrected chi connectivity index (χ3v) is 12.6. The van der Waals surface area contributed by atoms with Gasteiger partial charge < -0.3 is 14.6 Å². The lowest BCUT2D eigenvalue weighted by atomic mass is 9.38. The molecule has 1 heterocycles. The van der Waals surface area contributed by atoms with Crippen molar-refractivity contribution in [2.24, 2.45) is 45.3 Å². The Labute approximate surface area is 208 Å². The zero-order chi connectivity index (χ0) is 24.8. The second-order valence-electron chi connectivity index (χ2n) is 14.4. The van der Waals surface area contributed by atoms with Crippen molar-refractivity contribution in [2.75, 3.05) is 13.7 Å². The van der Waals surface area contributed by atoms with E-state index >= 15 is 0 Å². The summed E-state index contributed by atoms with van der Waals surface area (Å²) < 4.78 is 12.4. The van der Waals surface area contributed by atoms with Crippen LogP contribution in [0.3, 0.4) is 0 Å². The second kappa shape index (κ2) is 7.68. The van der Waals surface area contributed by atoms with E-state index in [1.54, 1.807) is 7.11 Å². The van der Waals surface area contributed by atoms with Crippen LogP contribution in [0.4, 0.5) is 0 Å². The molecule has 1 spiro atoms. The van der Waals surface area contributed by atoms with Gasteiger partial charge in [-0.25, -0.2) is 0 Å². The minimum atomic E-state index is -0.282. The predicted octanol–water partition coefficient (Wildman–Crippen LogP) is 6.95. The fourth-order valence-electron chi connectivity index (χ4n) is 10.00. The molecule has 3 nitrogen and oxygen atoms in total. The fourth-order valence-corrected chi connectivity index (χ4v) is 10.00. The van der Waals surface area contributed by atoms with E-state index in [2.05, 4.69) is 72.8 Å². The van der Waals surface area contributed by atoms with Crippen molar-refractivity contribution in [3.05, 3.63) is 24.3 Å². The third-order valence-electron chi connectivity index (χ3n) is 12.6. The Morgan fingerprint density at radius 1 is 1.09 bits per heavy atom. The number of ether oxygens (including phenoxy) is 2. The molecular formula is C31H50O3. The van der Waals surface area contributed by atoms with Gasteiger partial charge in [0.2, 0.25) is 0 Å². The average molecular weight is 471 g/mol. The fraction of sp³-hybridized carbons (Fsp3) is 0.871. The van der Waals surface area contributed by atoms with Crippen LogP contribution in [-0.4, -0.2) is 36.1 Å². The van der Waals surface area contributed by atoms with Gasteiger partial charge in [-0.15, -0.1) is 0 Å². The van der Waals surface area contributed by atoms with E-state index in [4.69, 9.17) is 9.47 Å². The maximum Gasteiger partial charge on any atom is 0.0972 e. The molecule has 4 fully saturated rings. The molecular weight excluding hydrogens is 420 g/mol. The number of fused-ring (bicyclic) bond motifs is 2. The van der Waals surface area contributed by atoms with E-state index in [9.17, 15) is 5.11 Å². The summed E-state index contributed by atoms with van der Waals surface area (Å²) in [7, 11) is 1.79. The topological polar surface area (TPSA) is 38.7 Å². The lowest BCUT2D eigenvalue weighted by molar-refractivity contribution is -0.168. The minimum absolute atomic E-state index is 0.186. The Morgan fingerprint density at radius 3 is 2.53 bits per heavy atom. The van der Waals surface area contributed by atoms with E-state index in [-0.39, 0.29) is 28.1 Å². The minimum Gasteiger partial charge on any atom is -0.392 e. The van der Waals surface area contributed by atoms with E-state index < -0.39 is 0 Å². The molecule has 3 saturated carbocycles. The van der Waals surface area contributed by atoms with Gasteiger partial charge in [-0.05, 0) is 87.4 Å². The first-order chi connectivity index (χ1) is 15.8. The number of aliphatic hydroxyl groups is 1. The van der Waals surface area contributed by atoms with E-state index in [1.165, 1.54) is 25.7 Å². The number of hydrogen-bond donors (Lipinski definition) is 1. The lowest BCUT2D eigenvalue weighted by Crippen LogP contribution is -2.64. The van der Waals surface area contributed by atoms with Crippen LogP contribution in [0.5, 0.6) is 0 Å².